The molecule has 2 nitrogen and oxygen atoms in total. The van der Waals surface area contributed by atoms with Crippen molar-refractivity contribution in [1.82, 2.24) is 0 Å². The standard InChI is InChI=1S/C25H40O2/c1-6-16(2)21-9-10-22-20-8-7-18-15-19(27-17(3)26)11-13-24(18,4)23(20)12-14-25(21,22)5/h6,16,18-23H,1,7-15H2,2-5H3/t16-,18-,19-,20?,21-,22?,23?,24+,25-/m1/s1. The molecule has 0 bridgehead atoms. The molecule has 4 aliphatic carbocycles. The van der Waals surface area contributed by atoms with Crippen LogP contribution in [-0.2, 0) is 9.53 Å². The van der Waals surface area contributed by atoms with Crippen molar-refractivity contribution in [2.24, 2.45) is 46.3 Å². The number of ether oxygens (including phenoxy) is 1. The van der Waals surface area contributed by atoms with Crippen LogP contribution < -0.4 is 0 Å². The summed E-state index contributed by atoms with van der Waals surface area (Å²) in [5.74, 6) is 4.90. The molecule has 27 heavy (non-hydrogen) atoms. The van der Waals surface area contributed by atoms with E-state index in [-0.39, 0.29) is 12.1 Å². The van der Waals surface area contributed by atoms with Gasteiger partial charge in [0.1, 0.15) is 6.10 Å². The molecule has 0 aromatic carbocycles. The lowest BCUT2D eigenvalue weighted by molar-refractivity contribution is -0.160. The summed E-state index contributed by atoms with van der Waals surface area (Å²) in [6, 6.07) is 0. The zero-order chi connectivity index (χ0) is 19.4. The van der Waals surface area contributed by atoms with E-state index in [4.69, 9.17) is 4.74 Å². The molecular formula is C25H40O2. The summed E-state index contributed by atoms with van der Waals surface area (Å²) in [4.78, 5) is 11.4. The van der Waals surface area contributed by atoms with Crippen LogP contribution in [0.1, 0.15) is 85.5 Å². The Kier molecular flexibility index (Phi) is 5.00. The summed E-state index contributed by atoms with van der Waals surface area (Å²) < 4.78 is 5.61. The molecule has 2 heteroatoms. The smallest absolute Gasteiger partial charge is 0.302 e. The van der Waals surface area contributed by atoms with E-state index < -0.39 is 0 Å². The largest absolute Gasteiger partial charge is 0.463 e. The van der Waals surface area contributed by atoms with Crippen molar-refractivity contribution < 1.29 is 9.53 Å². The highest BCUT2D eigenvalue weighted by Crippen LogP contribution is 2.68. The van der Waals surface area contributed by atoms with E-state index in [0.29, 0.717) is 16.7 Å². The summed E-state index contributed by atoms with van der Waals surface area (Å²) in [5, 5.41) is 0. The molecule has 152 valence electrons. The van der Waals surface area contributed by atoms with Crippen LogP contribution in [0.25, 0.3) is 0 Å². The van der Waals surface area contributed by atoms with Crippen molar-refractivity contribution in [3.05, 3.63) is 12.7 Å². The number of carbonyl (C=O) groups is 1. The first-order valence-electron chi connectivity index (χ1n) is 11.6. The fourth-order valence-corrected chi connectivity index (χ4v) is 8.63. The molecule has 0 N–H and O–H groups in total. The summed E-state index contributed by atoms with van der Waals surface area (Å²) in [6.07, 6.45) is 14.3. The van der Waals surface area contributed by atoms with E-state index in [9.17, 15) is 4.79 Å². The van der Waals surface area contributed by atoms with Crippen LogP contribution in [0.5, 0.6) is 0 Å². The molecule has 4 fully saturated rings. The molecule has 3 unspecified atom stereocenters. The fraction of sp³-hybridized carbons (Fsp3) is 0.880. The van der Waals surface area contributed by atoms with E-state index in [1.807, 2.05) is 0 Å². The molecule has 9 atom stereocenters. The number of carbonyl (C=O) groups excluding carboxylic acids is 1. The molecule has 4 saturated carbocycles. The van der Waals surface area contributed by atoms with Gasteiger partial charge in [-0.1, -0.05) is 26.8 Å². The summed E-state index contributed by atoms with van der Waals surface area (Å²) >= 11 is 0. The van der Waals surface area contributed by atoms with Crippen LogP contribution in [0.15, 0.2) is 12.7 Å². The Labute approximate surface area is 166 Å². The number of hydrogen-bond donors (Lipinski definition) is 0. The van der Waals surface area contributed by atoms with Gasteiger partial charge in [0.25, 0.3) is 0 Å². The zero-order valence-corrected chi connectivity index (χ0v) is 18.0. The third-order valence-corrected chi connectivity index (χ3v) is 10.0. The number of rotatable bonds is 3. The van der Waals surface area contributed by atoms with E-state index in [1.54, 1.807) is 6.92 Å². The highest BCUT2D eigenvalue weighted by atomic mass is 16.5. The Balaban J connectivity index is 1.53. The molecule has 0 radical (unpaired) electrons. The maximum atomic E-state index is 11.4. The Hall–Kier alpha value is -0.790. The van der Waals surface area contributed by atoms with Gasteiger partial charge in [-0.2, -0.15) is 0 Å². The van der Waals surface area contributed by atoms with Gasteiger partial charge in [0.15, 0.2) is 0 Å². The van der Waals surface area contributed by atoms with Gasteiger partial charge in [-0.05, 0) is 104 Å². The van der Waals surface area contributed by atoms with Crippen LogP contribution >= 0.6 is 0 Å². The topological polar surface area (TPSA) is 26.3 Å². The first-order valence-corrected chi connectivity index (χ1v) is 11.6. The lowest BCUT2D eigenvalue weighted by atomic mass is 9.44. The molecule has 0 saturated heterocycles. The zero-order valence-electron chi connectivity index (χ0n) is 18.0. The Morgan fingerprint density at radius 1 is 1.04 bits per heavy atom. The lowest BCUT2D eigenvalue weighted by Crippen LogP contribution is -2.54. The average Bonchev–Trinajstić information content (AvgIpc) is 2.98. The van der Waals surface area contributed by atoms with Crippen LogP contribution in [0.4, 0.5) is 0 Å². The molecule has 0 heterocycles. The van der Waals surface area contributed by atoms with Crippen molar-refractivity contribution in [3.63, 3.8) is 0 Å². The predicted molar refractivity (Wildman–Crippen MR) is 110 cm³/mol. The minimum Gasteiger partial charge on any atom is -0.463 e. The second kappa shape index (κ2) is 6.92. The van der Waals surface area contributed by atoms with Gasteiger partial charge in [0.2, 0.25) is 0 Å². The molecule has 0 aromatic heterocycles. The SMILES string of the molecule is C=C[C@@H](C)[C@H]1CCC2C3CC[C@@H]4C[C@H](OC(C)=O)CC[C@]4(C)C3CC[C@@]21C. The third-order valence-electron chi connectivity index (χ3n) is 10.0. The maximum Gasteiger partial charge on any atom is 0.302 e. The monoisotopic (exact) mass is 372 g/mol. The van der Waals surface area contributed by atoms with Crippen molar-refractivity contribution in [1.29, 1.82) is 0 Å². The van der Waals surface area contributed by atoms with Crippen LogP contribution in [-0.4, -0.2) is 12.1 Å². The molecule has 0 aliphatic heterocycles. The van der Waals surface area contributed by atoms with E-state index in [0.717, 1.165) is 42.4 Å². The fourth-order valence-electron chi connectivity index (χ4n) is 8.63. The van der Waals surface area contributed by atoms with E-state index in [1.165, 1.54) is 44.9 Å². The van der Waals surface area contributed by atoms with Crippen molar-refractivity contribution in [3.8, 4) is 0 Å². The summed E-state index contributed by atoms with van der Waals surface area (Å²) in [5.41, 5.74) is 1.01. The first kappa shape index (κ1) is 19.5. The highest BCUT2D eigenvalue weighted by molar-refractivity contribution is 5.66. The first-order chi connectivity index (χ1) is 12.8. The van der Waals surface area contributed by atoms with Gasteiger partial charge in [0, 0.05) is 6.92 Å². The van der Waals surface area contributed by atoms with Gasteiger partial charge in [-0.15, -0.1) is 6.58 Å². The normalized spacial score (nSPS) is 50.1. The minimum absolute atomic E-state index is 0.0981. The Morgan fingerprint density at radius 3 is 2.44 bits per heavy atom. The van der Waals surface area contributed by atoms with Crippen LogP contribution in [0.3, 0.4) is 0 Å². The predicted octanol–water partition coefficient (Wildman–Crippen LogP) is 6.40. The molecule has 0 amide bonds. The van der Waals surface area contributed by atoms with Crippen molar-refractivity contribution >= 4 is 5.97 Å². The van der Waals surface area contributed by atoms with Crippen molar-refractivity contribution in [2.45, 2.75) is 91.6 Å². The summed E-state index contributed by atoms with van der Waals surface area (Å²) in [6.45, 7) is 13.3. The molecular weight excluding hydrogens is 332 g/mol. The molecule has 0 aromatic rings. The molecule has 4 rings (SSSR count). The average molecular weight is 373 g/mol. The van der Waals surface area contributed by atoms with Crippen LogP contribution in [0, 0.1) is 46.3 Å². The molecule has 0 spiro atoms. The Morgan fingerprint density at radius 2 is 1.74 bits per heavy atom. The van der Waals surface area contributed by atoms with Gasteiger partial charge in [-0.3, -0.25) is 4.79 Å². The second-order valence-corrected chi connectivity index (χ2v) is 11.0. The number of esters is 1. The highest BCUT2D eigenvalue weighted by Gasteiger charge is 2.60. The van der Waals surface area contributed by atoms with E-state index in [2.05, 4.69) is 33.4 Å². The second-order valence-electron chi connectivity index (χ2n) is 11.0. The number of fused-ring (bicyclic) bond motifs is 5. The Bertz CT molecular complexity index is 597. The molecule has 4 aliphatic rings. The van der Waals surface area contributed by atoms with Gasteiger partial charge in [0.05, 0.1) is 0 Å². The van der Waals surface area contributed by atoms with E-state index >= 15 is 0 Å². The number of allylic oxidation sites excluding steroid dienone is 1. The number of hydrogen-bond acceptors (Lipinski definition) is 2. The lowest BCUT2D eigenvalue weighted by Gasteiger charge is -2.61. The quantitative estimate of drug-likeness (QED) is 0.423. The maximum absolute atomic E-state index is 11.4. The third kappa shape index (κ3) is 3.01. The van der Waals surface area contributed by atoms with Crippen LogP contribution in [0.2, 0.25) is 0 Å². The van der Waals surface area contributed by atoms with Gasteiger partial charge < -0.3 is 4.74 Å². The van der Waals surface area contributed by atoms with Crippen molar-refractivity contribution in [2.75, 3.05) is 0 Å². The van der Waals surface area contributed by atoms with Gasteiger partial charge >= 0.3 is 5.97 Å². The minimum atomic E-state index is -0.0981. The van der Waals surface area contributed by atoms with Gasteiger partial charge in [-0.25, -0.2) is 0 Å². The summed E-state index contributed by atoms with van der Waals surface area (Å²) in [7, 11) is 0.